The SMILES string of the molecule is CCCCOC(=O)c1ccc(NC(=O)C2CCN(Cc3nc(-c4ccc(Cl)cc4Cl)no3)CC2)cc1. The third-order valence-electron chi connectivity index (χ3n) is 6.08. The molecule has 1 N–H and O–H groups in total. The Balaban J connectivity index is 1.24. The first kappa shape index (κ1) is 26.1. The zero-order valence-electron chi connectivity index (χ0n) is 20.0. The van der Waals surface area contributed by atoms with Crippen LogP contribution in [0, 0.1) is 5.92 Å². The zero-order chi connectivity index (χ0) is 25.5. The molecule has 0 radical (unpaired) electrons. The molecule has 0 bridgehead atoms. The van der Waals surface area contributed by atoms with Gasteiger partial charge in [-0.3, -0.25) is 9.69 Å². The van der Waals surface area contributed by atoms with Gasteiger partial charge in [0, 0.05) is 22.2 Å². The van der Waals surface area contributed by atoms with Crippen molar-refractivity contribution in [1.82, 2.24) is 15.0 Å². The fraction of sp³-hybridized carbons (Fsp3) is 0.385. The molecule has 0 aliphatic carbocycles. The summed E-state index contributed by atoms with van der Waals surface area (Å²) in [7, 11) is 0. The van der Waals surface area contributed by atoms with E-state index in [1.807, 2.05) is 6.92 Å². The Kier molecular flexibility index (Phi) is 8.96. The van der Waals surface area contributed by atoms with E-state index in [1.54, 1.807) is 42.5 Å². The van der Waals surface area contributed by atoms with E-state index in [1.165, 1.54) is 0 Å². The Bertz CT molecular complexity index is 1190. The Labute approximate surface area is 219 Å². The molecule has 0 unspecified atom stereocenters. The van der Waals surface area contributed by atoms with Crippen LogP contribution >= 0.6 is 23.2 Å². The molecule has 1 fully saturated rings. The molecule has 0 atom stereocenters. The second kappa shape index (κ2) is 12.3. The van der Waals surface area contributed by atoms with Crippen LogP contribution in [0.4, 0.5) is 5.69 Å². The molecule has 10 heteroatoms. The van der Waals surface area contributed by atoms with E-state index in [9.17, 15) is 9.59 Å². The maximum Gasteiger partial charge on any atom is 0.338 e. The summed E-state index contributed by atoms with van der Waals surface area (Å²) in [4.78, 5) is 31.4. The maximum atomic E-state index is 12.8. The monoisotopic (exact) mass is 530 g/mol. The predicted molar refractivity (Wildman–Crippen MR) is 138 cm³/mol. The standard InChI is InChI=1S/C26H28Cl2N4O4/c1-2-3-14-35-26(34)18-4-7-20(8-5-18)29-25(33)17-10-12-32(13-11-17)16-23-30-24(31-36-23)21-9-6-19(27)15-22(21)28/h4-9,15,17H,2-3,10-14,16H2,1H3,(H,29,33). The smallest absolute Gasteiger partial charge is 0.338 e. The highest BCUT2D eigenvalue weighted by atomic mass is 35.5. The molecule has 1 saturated heterocycles. The highest BCUT2D eigenvalue weighted by Crippen LogP contribution is 2.29. The maximum absolute atomic E-state index is 12.8. The van der Waals surface area contributed by atoms with E-state index in [2.05, 4.69) is 20.4 Å². The zero-order valence-corrected chi connectivity index (χ0v) is 21.5. The van der Waals surface area contributed by atoms with Crippen LogP contribution in [0.3, 0.4) is 0 Å². The lowest BCUT2D eigenvalue weighted by Gasteiger charge is -2.30. The third kappa shape index (κ3) is 6.84. The molecule has 2 heterocycles. The Morgan fingerprint density at radius 3 is 2.58 bits per heavy atom. The fourth-order valence-electron chi connectivity index (χ4n) is 3.97. The summed E-state index contributed by atoms with van der Waals surface area (Å²) < 4.78 is 10.6. The van der Waals surface area contributed by atoms with Crippen molar-refractivity contribution in [1.29, 1.82) is 0 Å². The number of piperidine rings is 1. The second-order valence-corrected chi connectivity index (χ2v) is 9.59. The van der Waals surface area contributed by atoms with Crippen molar-refractivity contribution in [3.63, 3.8) is 0 Å². The summed E-state index contributed by atoms with van der Waals surface area (Å²) in [6.45, 7) is 4.43. The van der Waals surface area contributed by atoms with Crippen molar-refractivity contribution in [3.8, 4) is 11.4 Å². The molecule has 4 rings (SSSR count). The first-order valence-electron chi connectivity index (χ1n) is 12.0. The summed E-state index contributed by atoms with van der Waals surface area (Å²) in [5, 5.41) is 7.99. The molecule has 36 heavy (non-hydrogen) atoms. The Morgan fingerprint density at radius 2 is 1.89 bits per heavy atom. The molecule has 1 aromatic heterocycles. The van der Waals surface area contributed by atoms with Gasteiger partial charge in [-0.25, -0.2) is 4.79 Å². The van der Waals surface area contributed by atoms with Crippen molar-refractivity contribution in [3.05, 3.63) is 64.0 Å². The molecule has 1 aliphatic rings. The number of carbonyl (C=O) groups is 2. The van der Waals surface area contributed by atoms with E-state index < -0.39 is 0 Å². The number of nitrogens with zero attached hydrogens (tertiary/aromatic N) is 3. The van der Waals surface area contributed by atoms with Crippen LogP contribution in [-0.2, 0) is 16.1 Å². The van der Waals surface area contributed by atoms with E-state index >= 15 is 0 Å². The number of likely N-dealkylation sites (tertiary alicyclic amines) is 1. The van der Waals surface area contributed by atoms with Gasteiger partial charge in [0.05, 0.1) is 23.7 Å². The van der Waals surface area contributed by atoms with Crippen LogP contribution in [0.15, 0.2) is 47.0 Å². The van der Waals surface area contributed by atoms with Crippen molar-refractivity contribution in [2.45, 2.75) is 39.2 Å². The normalized spacial score (nSPS) is 14.5. The van der Waals surface area contributed by atoms with E-state index in [-0.39, 0.29) is 17.8 Å². The van der Waals surface area contributed by atoms with Gasteiger partial charge in [0.25, 0.3) is 0 Å². The molecule has 2 aromatic carbocycles. The van der Waals surface area contributed by atoms with Crippen molar-refractivity contribution >= 4 is 40.8 Å². The number of amides is 1. The van der Waals surface area contributed by atoms with Gasteiger partial charge in [-0.2, -0.15) is 4.98 Å². The number of carbonyl (C=O) groups excluding carboxylic acids is 2. The van der Waals surface area contributed by atoms with Crippen LogP contribution in [0.2, 0.25) is 10.0 Å². The second-order valence-electron chi connectivity index (χ2n) is 8.74. The first-order chi connectivity index (χ1) is 17.4. The largest absolute Gasteiger partial charge is 0.462 e. The van der Waals surface area contributed by atoms with E-state index in [4.69, 9.17) is 32.5 Å². The number of hydrogen-bond acceptors (Lipinski definition) is 7. The average Bonchev–Trinajstić information content (AvgIpc) is 3.33. The van der Waals surface area contributed by atoms with Crippen LogP contribution in [0.25, 0.3) is 11.4 Å². The summed E-state index contributed by atoms with van der Waals surface area (Å²) >= 11 is 12.2. The van der Waals surface area contributed by atoms with Gasteiger partial charge in [-0.05, 0) is 74.8 Å². The number of benzene rings is 2. The van der Waals surface area contributed by atoms with Gasteiger partial charge in [-0.1, -0.05) is 41.7 Å². The van der Waals surface area contributed by atoms with Crippen molar-refractivity contribution < 1.29 is 18.8 Å². The molecule has 1 aliphatic heterocycles. The Morgan fingerprint density at radius 1 is 1.14 bits per heavy atom. The molecule has 3 aromatic rings. The van der Waals surface area contributed by atoms with Gasteiger partial charge >= 0.3 is 5.97 Å². The number of hydrogen-bond donors (Lipinski definition) is 1. The molecule has 8 nitrogen and oxygen atoms in total. The van der Waals surface area contributed by atoms with Crippen LogP contribution in [0.1, 0.15) is 48.9 Å². The number of rotatable bonds is 9. The molecule has 0 spiro atoms. The molecular formula is C26H28Cl2N4O4. The van der Waals surface area contributed by atoms with Crippen molar-refractivity contribution in [2.24, 2.45) is 5.92 Å². The summed E-state index contributed by atoms with van der Waals surface area (Å²) in [5.41, 5.74) is 1.79. The number of esters is 1. The van der Waals surface area contributed by atoms with Gasteiger partial charge in [0.15, 0.2) is 0 Å². The molecule has 1 amide bonds. The number of unbranched alkanes of at least 4 members (excludes halogenated alkanes) is 1. The van der Waals surface area contributed by atoms with Gasteiger partial charge < -0.3 is 14.6 Å². The minimum absolute atomic E-state index is 0.0228. The predicted octanol–water partition coefficient (Wildman–Crippen LogP) is 5.85. The molecule has 190 valence electrons. The highest BCUT2D eigenvalue weighted by molar-refractivity contribution is 6.36. The van der Waals surface area contributed by atoms with Gasteiger partial charge in [-0.15, -0.1) is 0 Å². The van der Waals surface area contributed by atoms with Crippen LogP contribution in [-0.4, -0.2) is 46.6 Å². The minimum Gasteiger partial charge on any atom is -0.462 e. The number of halogens is 2. The van der Waals surface area contributed by atoms with Gasteiger partial charge in [0.1, 0.15) is 0 Å². The quantitative estimate of drug-likeness (QED) is 0.273. The summed E-state index contributed by atoms with van der Waals surface area (Å²) in [6, 6.07) is 11.9. The van der Waals surface area contributed by atoms with Gasteiger partial charge in [0.2, 0.25) is 17.6 Å². The molecular weight excluding hydrogens is 503 g/mol. The lowest BCUT2D eigenvalue weighted by molar-refractivity contribution is -0.121. The minimum atomic E-state index is -0.349. The average molecular weight is 531 g/mol. The first-order valence-corrected chi connectivity index (χ1v) is 12.8. The fourth-order valence-corrected chi connectivity index (χ4v) is 4.46. The van der Waals surface area contributed by atoms with E-state index in [0.717, 1.165) is 38.8 Å². The number of anilines is 1. The molecule has 0 saturated carbocycles. The van der Waals surface area contributed by atoms with Crippen LogP contribution < -0.4 is 5.32 Å². The number of aromatic nitrogens is 2. The number of ether oxygens (including phenoxy) is 1. The lowest BCUT2D eigenvalue weighted by Crippen LogP contribution is -2.37. The highest BCUT2D eigenvalue weighted by Gasteiger charge is 2.26. The van der Waals surface area contributed by atoms with E-state index in [0.29, 0.717) is 51.7 Å². The Hall–Kier alpha value is -2.94. The number of nitrogens with one attached hydrogen (secondary N) is 1. The lowest BCUT2D eigenvalue weighted by atomic mass is 9.96. The van der Waals surface area contributed by atoms with Crippen molar-refractivity contribution in [2.75, 3.05) is 25.0 Å². The summed E-state index contributed by atoms with van der Waals surface area (Å²) in [5.74, 6) is 0.447. The topological polar surface area (TPSA) is 97.6 Å². The van der Waals surface area contributed by atoms with Crippen LogP contribution in [0.5, 0.6) is 0 Å². The summed E-state index contributed by atoms with van der Waals surface area (Å²) in [6.07, 6.45) is 3.25. The third-order valence-corrected chi connectivity index (χ3v) is 6.62.